The molecular formula is C17H11O2+. The summed E-state index contributed by atoms with van der Waals surface area (Å²) in [4.78, 5) is 0. The minimum absolute atomic E-state index is 0.157. The first-order chi connectivity index (χ1) is 9.34. The van der Waals surface area contributed by atoms with Crippen molar-refractivity contribution in [3.63, 3.8) is 0 Å². The quantitative estimate of drug-likeness (QED) is 0.483. The molecule has 1 aromatic heterocycles. The highest BCUT2D eigenvalue weighted by atomic mass is 16.5. The van der Waals surface area contributed by atoms with Crippen LogP contribution < -0.4 is 0 Å². The van der Waals surface area contributed by atoms with E-state index in [-0.39, 0.29) is 5.95 Å². The van der Waals surface area contributed by atoms with Crippen molar-refractivity contribution >= 4 is 10.8 Å². The Morgan fingerprint density at radius 1 is 0.789 bits per heavy atom. The molecule has 0 amide bonds. The van der Waals surface area contributed by atoms with Crippen LogP contribution in [-0.4, -0.2) is 5.11 Å². The summed E-state index contributed by atoms with van der Waals surface area (Å²) in [5, 5.41) is 11.8. The van der Waals surface area contributed by atoms with Crippen LogP contribution in [0.15, 0.2) is 65.3 Å². The molecule has 0 spiro atoms. The Bertz CT molecular complexity index is 789. The van der Waals surface area contributed by atoms with E-state index in [9.17, 15) is 5.11 Å². The monoisotopic (exact) mass is 247 g/mol. The Morgan fingerprint density at radius 3 is 2.42 bits per heavy atom. The first kappa shape index (κ1) is 11.3. The lowest BCUT2D eigenvalue weighted by Crippen LogP contribution is -1.80. The van der Waals surface area contributed by atoms with E-state index < -0.39 is 0 Å². The van der Waals surface area contributed by atoms with Gasteiger partial charge in [-0.15, -0.1) is 0 Å². The molecule has 90 valence electrons. The molecule has 0 saturated carbocycles. The van der Waals surface area contributed by atoms with E-state index in [4.69, 9.17) is 4.42 Å². The zero-order valence-electron chi connectivity index (χ0n) is 10.1. The second-order valence-electron chi connectivity index (χ2n) is 4.11. The van der Waals surface area contributed by atoms with Gasteiger partial charge in [0.2, 0.25) is 6.26 Å². The highest BCUT2D eigenvalue weighted by molar-refractivity contribution is 5.88. The number of rotatable bonds is 0. The molecular weight excluding hydrogens is 236 g/mol. The third kappa shape index (κ3) is 2.27. The number of hydrogen-bond donors (Lipinski definition) is 1. The van der Waals surface area contributed by atoms with Gasteiger partial charge in [0.15, 0.2) is 5.56 Å². The number of aromatic hydroxyl groups is 1. The summed E-state index contributed by atoms with van der Waals surface area (Å²) in [6.45, 7) is 0. The minimum Gasteiger partial charge on any atom is -0.334 e. The van der Waals surface area contributed by atoms with Gasteiger partial charge in [0, 0.05) is 11.6 Å². The third-order valence-electron chi connectivity index (χ3n) is 2.87. The summed E-state index contributed by atoms with van der Waals surface area (Å²) in [5.74, 6) is 5.85. The summed E-state index contributed by atoms with van der Waals surface area (Å²) >= 11 is 0. The molecule has 0 bridgehead atoms. The Kier molecular flexibility index (Phi) is 2.88. The summed E-state index contributed by atoms with van der Waals surface area (Å²) in [7, 11) is 0. The lowest BCUT2D eigenvalue weighted by molar-refractivity contribution is 0.321. The minimum atomic E-state index is -0.157. The van der Waals surface area contributed by atoms with Crippen LogP contribution in [0.25, 0.3) is 10.8 Å². The van der Waals surface area contributed by atoms with E-state index >= 15 is 0 Å². The maximum atomic E-state index is 9.53. The summed E-state index contributed by atoms with van der Waals surface area (Å²) in [6.07, 6.45) is 1.42. The van der Waals surface area contributed by atoms with Crippen molar-refractivity contribution in [2.75, 3.05) is 0 Å². The summed E-state index contributed by atoms with van der Waals surface area (Å²) < 4.78 is 4.89. The van der Waals surface area contributed by atoms with Gasteiger partial charge in [-0.05, 0) is 28.8 Å². The molecule has 2 heteroatoms. The fraction of sp³-hybridized carbons (Fsp3) is 0. The van der Waals surface area contributed by atoms with Gasteiger partial charge in [0.25, 0.3) is 0 Å². The highest BCUT2D eigenvalue weighted by Gasteiger charge is 2.07. The maximum Gasteiger partial charge on any atom is 0.532 e. The Balaban J connectivity index is 2.11. The van der Waals surface area contributed by atoms with Crippen molar-refractivity contribution < 1.29 is 9.52 Å². The van der Waals surface area contributed by atoms with Gasteiger partial charge in [-0.1, -0.05) is 42.3 Å². The lowest BCUT2D eigenvalue weighted by Gasteiger charge is -1.98. The van der Waals surface area contributed by atoms with Gasteiger partial charge in [0.05, 0.1) is 0 Å². The zero-order chi connectivity index (χ0) is 13.1. The lowest BCUT2D eigenvalue weighted by atomic mass is 10.0. The van der Waals surface area contributed by atoms with Gasteiger partial charge in [-0.3, -0.25) is 4.42 Å². The standard InChI is InChI=1S/C17H10O2/c18-17-15(8-4-12-19-17)11-10-14-7-3-6-13-5-1-2-9-16(13)14/h1-9,12H/p+1. The van der Waals surface area contributed by atoms with Gasteiger partial charge < -0.3 is 5.11 Å². The molecule has 0 atom stereocenters. The van der Waals surface area contributed by atoms with Crippen molar-refractivity contribution in [3.05, 3.63) is 72.0 Å². The maximum absolute atomic E-state index is 9.53. The number of hydrogen-bond acceptors (Lipinski definition) is 1. The molecule has 2 aromatic carbocycles. The fourth-order valence-electron chi connectivity index (χ4n) is 1.94. The van der Waals surface area contributed by atoms with Crippen LogP contribution in [-0.2, 0) is 0 Å². The van der Waals surface area contributed by atoms with Crippen molar-refractivity contribution in [2.45, 2.75) is 0 Å². The van der Waals surface area contributed by atoms with Crippen LogP contribution in [0.2, 0.25) is 0 Å². The molecule has 0 aliphatic heterocycles. The number of benzene rings is 2. The molecule has 0 fully saturated rings. The molecule has 1 heterocycles. The summed E-state index contributed by atoms with van der Waals surface area (Å²) in [6, 6.07) is 17.5. The zero-order valence-corrected chi connectivity index (χ0v) is 10.1. The van der Waals surface area contributed by atoms with E-state index in [1.54, 1.807) is 12.1 Å². The summed E-state index contributed by atoms with van der Waals surface area (Å²) in [5.41, 5.74) is 1.41. The average Bonchev–Trinajstić information content (AvgIpc) is 2.46. The Labute approximate surface area is 110 Å². The third-order valence-corrected chi connectivity index (χ3v) is 2.87. The van der Waals surface area contributed by atoms with Gasteiger partial charge in [0.1, 0.15) is 0 Å². The van der Waals surface area contributed by atoms with Crippen molar-refractivity contribution in [1.82, 2.24) is 0 Å². The van der Waals surface area contributed by atoms with Crippen molar-refractivity contribution in [1.29, 1.82) is 0 Å². The Morgan fingerprint density at radius 2 is 1.53 bits per heavy atom. The average molecular weight is 247 g/mol. The smallest absolute Gasteiger partial charge is 0.334 e. The van der Waals surface area contributed by atoms with E-state index in [2.05, 4.69) is 24.0 Å². The van der Waals surface area contributed by atoms with Crippen LogP contribution in [0.1, 0.15) is 11.1 Å². The van der Waals surface area contributed by atoms with Crippen LogP contribution in [0, 0.1) is 11.8 Å². The normalized spacial score (nSPS) is 9.89. The first-order valence-electron chi connectivity index (χ1n) is 5.94. The molecule has 0 radical (unpaired) electrons. The van der Waals surface area contributed by atoms with Crippen molar-refractivity contribution in [2.24, 2.45) is 0 Å². The largest absolute Gasteiger partial charge is 0.532 e. The topological polar surface area (TPSA) is 31.5 Å². The van der Waals surface area contributed by atoms with Crippen LogP contribution >= 0.6 is 0 Å². The van der Waals surface area contributed by atoms with Crippen LogP contribution in [0.3, 0.4) is 0 Å². The molecule has 0 aliphatic carbocycles. The first-order valence-corrected chi connectivity index (χ1v) is 5.94. The second kappa shape index (κ2) is 4.83. The van der Waals surface area contributed by atoms with Crippen LogP contribution in [0.5, 0.6) is 5.95 Å². The Hall–Kier alpha value is -2.79. The molecule has 3 rings (SSSR count). The van der Waals surface area contributed by atoms with Crippen LogP contribution in [0.4, 0.5) is 0 Å². The van der Waals surface area contributed by atoms with Gasteiger partial charge in [-0.2, -0.15) is 0 Å². The predicted octanol–water partition coefficient (Wildman–Crippen LogP) is 3.82. The molecule has 2 nitrogen and oxygen atoms in total. The molecule has 0 aliphatic rings. The van der Waals surface area contributed by atoms with E-state index in [0.29, 0.717) is 5.56 Å². The van der Waals surface area contributed by atoms with Gasteiger partial charge in [-0.25, -0.2) is 0 Å². The van der Waals surface area contributed by atoms with E-state index in [1.807, 2.05) is 30.3 Å². The SMILES string of the molecule is Oc1[o+]cccc1C#Cc1cccc2ccccc12. The molecule has 19 heavy (non-hydrogen) atoms. The fourth-order valence-corrected chi connectivity index (χ4v) is 1.94. The second-order valence-corrected chi connectivity index (χ2v) is 4.11. The molecule has 0 unspecified atom stereocenters. The predicted molar refractivity (Wildman–Crippen MR) is 74.7 cm³/mol. The van der Waals surface area contributed by atoms with Gasteiger partial charge >= 0.3 is 5.95 Å². The molecule has 1 N–H and O–H groups in total. The molecule has 0 saturated heterocycles. The van der Waals surface area contributed by atoms with E-state index in [1.165, 1.54) is 6.26 Å². The van der Waals surface area contributed by atoms with E-state index in [0.717, 1.165) is 16.3 Å². The van der Waals surface area contributed by atoms with Crippen molar-refractivity contribution in [3.8, 4) is 17.8 Å². The highest BCUT2D eigenvalue weighted by Crippen LogP contribution is 2.18. The number of fused-ring (bicyclic) bond motifs is 1. The molecule has 3 aromatic rings.